The second-order valence-electron chi connectivity index (χ2n) is 6.40. The second-order valence-corrected chi connectivity index (χ2v) is 7.25. The lowest BCUT2D eigenvalue weighted by Gasteiger charge is -2.54. The standard InChI is InChI=1S/C17H23BrFNO/c1-3-21-16-10-15(17(16)6-4-5-7-17)20-14-9-13(19)12(18)8-11(14)2/h8-9,15-16,20H,3-7,10H2,1-2H3. The van der Waals surface area contributed by atoms with Crippen molar-refractivity contribution in [1.29, 1.82) is 0 Å². The molecule has 0 radical (unpaired) electrons. The van der Waals surface area contributed by atoms with Gasteiger partial charge in [0.2, 0.25) is 0 Å². The molecule has 0 heterocycles. The monoisotopic (exact) mass is 355 g/mol. The van der Waals surface area contributed by atoms with Gasteiger partial charge in [-0.25, -0.2) is 4.39 Å². The number of benzene rings is 1. The minimum absolute atomic E-state index is 0.204. The first-order valence-electron chi connectivity index (χ1n) is 7.90. The van der Waals surface area contributed by atoms with Gasteiger partial charge in [0.05, 0.1) is 10.6 Å². The molecule has 1 spiro atoms. The van der Waals surface area contributed by atoms with Crippen LogP contribution in [0.5, 0.6) is 0 Å². The Bertz CT molecular complexity index is 528. The van der Waals surface area contributed by atoms with Gasteiger partial charge in [0.1, 0.15) is 5.82 Å². The molecular formula is C17H23BrFNO. The molecule has 116 valence electrons. The average Bonchev–Trinajstić information content (AvgIpc) is 2.95. The summed E-state index contributed by atoms with van der Waals surface area (Å²) in [6.07, 6.45) is 6.44. The molecule has 4 heteroatoms. The molecule has 2 atom stereocenters. The Morgan fingerprint density at radius 2 is 2.10 bits per heavy atom. The molecular weight excluding hydrogens is 333 g/mol. The summed E-state index contributed by atoms with van der Waals surface area (Å²) in [7, 11) is 0. The van der Waals surface area contributed by atoms with E-state index >= 15 is 0 Å². The Labute approximate surface area is 134 Å². The van der Waals surface area contributed by atoms with Gasteiger partial charge in [-0.2, -0.15) is 0 Å². The fourth-order valence-electron chi connectivity index (χ4n) is 4.08. The molecule has 0 saturated heterocycles. The van der Waals surface area contributed by atoms with E-state index in [9.17, 15) is 4.39 Å². The number of ether oxygens (including phenoxy) is 1. The number of rotatable bonds is 4. The van der Waals surface area contributed by atoms with Crippen LogP contribution in [0.3, 0.4) is 0 Å². The van der Waals surface area contributed by atoms with Gasteiger partial charge in [0, 0.05) is 23.8 Å². The Morgan fingerprint density at radius 3 is 2.76 bits per heavy atom. The van der Waals surface area contributed by atoms with Gasteiger partial charge < -0.3 is 10.1 Å². The number of hydrogen-bond donors (Lipinski definition) is 1. The van der Waals surface area contributed by atoms with Crippen molar-refractivity contribution in [3.8, 4) is 0 Å². The van der Waals surface area contributed by atoms with Crippen LogP contribution in [-0.4, -0.2) is 18.8 Å². The number of hydrogen-bond acceptors (Lipinski definition) is 2. The maximum absolute atomic E-state index is 13.8. The topological polar surface area (TPSA) is 21.3 Å². The van der Waals surface area contributed by atoms with E-state index in [0.717, 1.165) is 24.3 Å². The van der Waals surface area contributed by atoms with Gasteiger partial charge in [0.15, 0.2) is 0 Å². The largest absolute Gasteiger partial charge is 0.381 e. The molecule has 1 aromatic carbocycles. The predicted octanol–water partition coefficient (Wildman–Crippen LogP) is 5.05. The maximum atomic E-state index is 13.8. The highest BCUT2D eigenvalue weighted by Gasteiger charge is 2.56. The Hall–Kier alpha value is -0.610. The lowest BCUT2D eigenvalue weighted by atomic mass is 9.60. The van der Waals surface area contributed by atoms with Gasteiger partial charge in [-0.15, -0.1) is 0 Å². The molecule has 2 saturated carbocycles. The van der Waals surface area contributed by atoms with Crippen LogP contribution >= 0.6 is 15.9 Å². The third-order valence-electron chi connectivity index (χ3n) is 5.28. The van der Waals surface area contributed by atoms with Crippen molar-refractivity contribution in [1.82, 2.24) is 0 Å². The Balaban J connectivity index is 1.78. The SMILES string of the molecule is CCOC1CC(Nc2cc(F)c(Br)cc2C)C12CCCC2. The van der Waals surface area contributed by atoms with Gasteiger partial charge in [0.25, 0.3) is 0 Å². The van der Waals surface area contributed by atoms with E-state index in [1.807, 2.05) is 13.0 Å². The summed E-state index contributed by atoms with van der Waals surface area (Å²) in [6, 6.07) is 3.86. The zero-order valence-electron chi connectivity index (χ0n) is 12.7. The molecule has 0 aromatic heterocycles. The molecule has 3 rings (SSSR count). The summed E-state index contributed by atoms with van der Waals surface area (Å²) in [6.45, 7) is 4.87. The van der Waals surface area contributed by atoms with Crippen LogP contribution in [-0.2, 0) is 4.74 Å². The minimum atomic E-state index is -0.204. The predicted molar refractivity (Wildman–Crippen MR) is 87.2 cm³/mol. The smallest absolute Gasteiger partial charge is 0.139 e. The van der Waals surface area contributed by atoms with Gasteiger partial charge >= 0.3 is 0 Å². The summed E-state index contributed by atoms with van der Waals surface area (Å²) in [4.78, 5) is 0. The van der Waals surface area contributed by atoms with Crippen LogP contribution in [0.15, 0.2) is 16.6 Å². The van der Waals surface area contributed by atoms with E-state index in [2.05, 4.69) is 28.2 Å². The van der Waals surface area contributed by atoms with Crippen molar-refractivity contribution in [2.75, 3.05) is 11.9 Å². The highest BCUT2D eigenvalue weighted by Crippen LogP contribution is 2.55. The highest BCUT2D eigenvalue weighted by molar-refractivity contribution is 9.10. The van der Waals surface area contributed by atoms with Crippen molar-refractivity contribution in [2.45, 2.75) is 58.1 Å². The van der Waals surface area contributed by atoms with E-state index < -0.39 is 0 Å². The number of anilines is 1. The van der Waals surface area contributed by atoms with E-state index in [-0.39, 0.29) is 11.2 Å². The molecule has 21 heavy (non-hydrogen) atoms. The van der Waals surface area contributed by atoms with Crippen LogP contribution in [0.1, 0.15) is 44.6 Å². The molecule has 2 unspecified atom stereocenters. The summed E-state index contributed by atoms with van der Waals surface area (Å²) in [5.74, 6) is -0.204. The number of aryl methyl sites for hydroxylation is 1. The van der Waals surface area contributed by atoms with E-state index in [1.54, 1.807) is 6.07 Å². The second kappa shape index (κ2) is 5.88. The zero-order chi connectivity index (χ0) is 15.0. The molecule has 1 aromatic rings. The van der Waals surface area contributed by atoms with Crippen molar-refractivity contribution < 1.29 is 9.13 Å². The first-order valence-corrected chi connectivity index (χ1v) is 8.70. The van der Waals surface area contributed by atoms with Gasteiger partial charge in [-0.1, -0.05) is 12.8 Å². The van der Waals surface area contributed by atoms with E-state index in [1.165, 1.54) is 25.7 Å². The minimum Gasteiger partial charge on any atom is -0.381 e. The van der Waals surface area contributed by atoms with Crippen molar-refractivity contribution >= 4 is 21.6 Å². The molecule has 2 fully saturated rings. The number of nitrogens with one attached hydrogen (secondary N) is 1. The van der Waals surface area contributed by atoms with Crippen LogP contribution in [0.4, 0.5) is 10.1 Å². The fraction of sp³-hybridized carbons (Fsp3) is 0.647. The zero-order valence-corrected chi connectivity index (χ0v) is 14.3. The lowest BCUT2D eigenvalue weighted by Crippen LogP contribution is -2.60. The first-order chi connectivity index (χ1) is 10.1. The molecule has 2 aliphatic rings. The Kier molecular flexibility index (Phi) is 4.28. The molecule has 2 nitrogen and oxygen atoms in total. The molecule has 2 aliphatic carbocycles. The van der Waals surface area contributed by atoms with Crippen molar-refractivity contribution in [3.63, 3.8) is 0 Å². The highest BCUT2D eigenvalue weighted by atomic mass is 79.9. The van der Waals surface area contributed by atoms with Crippen LogP contribution in [0.25, 0.3) is 0 Å². The van der Waals surface area contributed by atoms with Gasteiger partial charge in [-0.05, 0) is 66.7 Å². The molecule has 0 aliphatic heterocycles. The Morgan fingerprint density at radius 1 is 1.38 bits per heavy atom. The van der Waals surface area contributed by atoms with E-state index in [4.69, 9.17) is 4.74 Å². The molecule has 0 bridgehead atoms. The maximum Gasteiger partial charge on any atom is 0.139 e. The molecule has 1 N–H and O–H groups in total. The summed E-state index contributed by atoms with van der Waals surface area (Å²) in [5, 5.41) is 3.60. The van der Waals surface area contributed by atoms with Crippen LogP contribution in [0.2, 0.25) is 0 Å². The van der Waals surface area contributed by atoms with Crippen molar-refractivity contribution in [2.24, 2.45) is 5.41 Å². The van der Waals surface area contributed by atoms with Crippen LogP contribution < -0.4 is 5.32 Å². The average molecular weight is 356 g/mol. The first kappa shape index (κ1) is 15.3. The van der Waals surface area contributed by atoms with E-state index in [0.29, 0.717) is 16.6 Å². The third kappa shape index (κ3) is 2.61. The summed E-state index contributed by atoms with van der Waals surface area (Å²) < 4.78 is 20.3. The lowest BCUT2D eigenvalue weighted by molar-refractivity contribution is -0.114. The normalized spacial score (nSPS) is 26.9. The van der Waals surface area contributed by atoms with Crippen molar-refractivity contribution in [3.05, 3.63) is 28.0 Å². The fourth-order valence-corrected chi connectivity index (χ4v) is 4.54. The van der Waals surface area contributed by atoms with Gasteiger partial charge in [-0.3, -0.25) is 0 Å². The molecule has 0 amide bonds. The quantitative estimate of drug-likeness (QED) is 0.816. The third-order valence-corrected chi connectivity index (χ3v) is 5.89. The summed E-state index contributed by atoms with van der Waals surface area (Å²) >= 11 is 3.24. The number of halogens is 2. The van der Waals surface area contributed by atoms with Crippen LogP contribution in [0, 0.1) is 18.2 Å². The summed E-state index contributed by atoms with van der Waals surface area (Å²) in [5.41, 5.74) is 2.27.